The van der Waals surface area contributed by atoms with E-state index in [1.165, 1.54) is 0 Å². The molecule has 0 unspecified atom stereocenters. The van der Waals surface area contributed by atoms with E-state index in [0.29, 0.717) is 0 Å². The van der Waals surface area contributed by atoms with Gasteiger partial charge in [-0.2, -0.15) is 0 Å². The average Bonchev–Trinajstić information content (AvgIpc) is 2.28. The Hall–Kier alpha value is -1.44. The summed E-state index contributed by atoms with van der Waals surface area (Å²) >= 11 is 0. The first-order chi connectivity index (χ1) is 5.68. The van der Waals surface area contributed by atoms with Crippen LogP contribution >= 0.6 is 0 Å². The number of furan rings is 1. The fourth-order valence-corrected chi connectivity index (χ4v) is 1.34. The molecule has 0 atom stereocenters. The van der Waals surface area contributed by atoms with E-state index < -0.39 is 0 Å². The summed E-state index contributed by atoms with van der Waals surface area (Å²) in [7, 11) is 0. The van der Waals surface area contributed by atoms with Crippen LogP contribution in [0.2, 0.25) is 0 Å². The lowest BCUT2D eigenvalue weighted by atomic mass is 10.1. The van der Waals surface area contributed by atoms with Gasteiger partial charge in [-0.1, -0.05) is 0 Å². The predicted octanol–water partition coefficient (Wildman–Crippen LogP) is 2.76. The van der Waals surface area contributed by atoms with E-state index in [0.717, 1.165) is 22.3 Å². The highest BCUT2D eigenvalue weighted by Crippen LogP contribution is 2.27. The zero-order valence-corrected chi connectivity index (χ0v) is 7.09. The molecule has 0 aliphatic rings. The Balaban J connectivity index is 2.87. The topological polar surface area (TPSA) is 33.4 Å². The minimum absolute atomic E-state index is 0.247. The van der Waals surface area contributed by atoms with Gasteiger partial charge in [-0.3, -0.25) is 0 Å². The molecule has 62 valence electrons. The number of phenolic OH excluding ortho intramolecular Hbond substituents is 1. The van der Waals surface area contributed by atoms with Crippen LogP contribution in [0.3, 0.4) is 0 Å². The van der Waals surface area contributed by atoms with Gasteiger partial charge in [0.25, 0.3) is 0 Å². The minimum atomic E-state index is 0.247. The highest BCUT2D eigenvalue weighted by molar-refractivity contribution is 5.83. The number of rotatable bonds is 0. The average molecular weight is 162 g/mol. The standard InChI is InChI=1S/C10H10O2/c1-6-7(2)12-10-5-8(11)3-4-9(6)10/h3-5,11H,1-2H3. The van der Waals surface area contributed by atoms with Crippen molar-refractivity contribution in [2.45, 2.75) is 13.8 Å². The molecule has 0 saturated heterocycles. The summed E-state index contributed by atoms with van der Waals surface area (Å²) in [5.74, 6) is 1.16. The maximum atomic E-state index is 9.17. The number of phenols is 1. The molecule has 2 heteroatoms. The molecule has 2 rings (SSSR count). The minimum Gasteiger partial charge on any atom is -0.508 e. The molecule has 0 fully saturated rings. The fourth-order valence-electron chi connectivity index (χ4n) is 1.34. The molecular formula is C10H10O2. The number of hydrogen-bond acceptors (Lipinski definition) is 2. The SMILES string of the molecule is Cc1oc2cc(O)ccc2c1C. The van der Waals surface area contributed by atoms with E-state index in [2.05, 4.69) is 0 Å². The van der Waals surface area contributed by atoms with E-state index in [9.17, 15) is 5.11 Å². The Kier molecular flexibility index (Phi) is 1.37. The first-order valence-corrected chi connectivity index (χ1v) is 3.87. The summed E-state index contributed by atoms with van der Waals surface area (Å²) in [6.45, 7) is 3.94. The van der Waals surface area contributed by atoms with Crippen molar-refractivity contribution in [3.8, 4) is 5.75 Å². The largest absolute Gasteiger partial charge is 0.508 e. The Morgan fingerprint density at radius 2 is 2.00 bits per heavy atom. The van der Waals surface area contributed by atoms with Crippen LogP contribution in [-0.4, -0.2) is 5.11 Å². The Morgan fingerprint density at radius 3 is 2.75 bits per heavy atom. The molecule has 1 aromatic heterocycles. The second-order valence-corrected chi connectivity index (χ2v) is 2.96. The molecule has 12 heavy (non-hydrogen) atoms. The monoisotopic (exact) mass is 162 g/mol. The second kappa shape index (κ2) is 2.27. The third-order valence-corrected chi connectivity index (χ3v) is 2.16. The lowest BCUT2D eigenvalue weighted by molar-refractivity contribution is 0.474. The second-order valence-electron chi connectivity index (χ2n) is 2.96. The Bertz CT molecular complexity index is 427. The highest BCUT2D eigenvalue weighted by atomic mass is 16.3. The molecule has 0 aliphatic carbocycles. The van der Waals surface area contributed by atoms with Gasteiger partial charge < -0.3 is 9.52 Å². The van der Waals surface area contributed by atoms with Crippen LogP contribution in [0.15, 0.2) is 22.6 Å². The Labute approximate surface area is 70.4 Å². The molecule has 0 aliphatic heterocycles. The van der Waals surface area contributed by atoms with Crippen molar-refractivity contribution in [3.05, 3.63) is 29.5 Å². The van der Waals surface area contributed by atoms with Gasteiger partial charge in [0, 0.05) is 11.5 Å². The van der Waals surface area contributed by atoms with Crippen molar-refractivity contribution in [1.82, 2.24) is 0 Å². The zero-order valence-electron chi connectivity index (χ0n) is 7.09. The maximum absolute atomic E-state index is 9.17. The van der Waals surface area contributed by atoms with E-state index >= 15 is 0 Å². The smallest absolute Gasteiger partial charge is 0.138 e. The van der Waals surface area contributed by atoms with Crippen LogP contribution in [0.1, 0.15) is 11.3 Å². The zero-order chi connectivity index (χ0) is 8.72. The van der Waals surface area contributed by atoms with E-state index in [1.54, 1.807) is 12.1 Å². The third-order valence-electron chi connectivity index (χ3n) is 2.16. The van der Waals surface area contributed by atoms with Crippen molar-refractivity contribution >= 4 is 11.0 Å². The quantitative estimate of drug-likeness (QED) is 0.646. The summed E-state index contributed by atoms with van der Waals surface area (Å²) in [6, 6.07) is 5.18. The van der Waals surface area contributed by atoms with Crippen molar-refractivity contribution in [1.29, 1.82) is 0 Å². The summed E-state index contributed by atoms with van der Waals surface area (Å²) < 4.78 is 5.42. The lowest BCUT2D eigenvalue weighted by Gasteiger charge is -1.90. The van der Waals surface area contributed by atoms with Crippen LogP contribution in [0.5, 0.6) is 5.75 Å². The normalized spacial score (nSPS) is 10.8. The number of aromatic hydroxyl groups is 1. The highest BCUT2D eigenvalue weighted by Gasteiger charge is 2.05. The van der Waals surface area contributed by atoms with Gasteiger partial charge in [-0.15, -0.1) is 0 Å². The molecule has 1 heterocycles. The molecule has 0 radical (unpaired) electrons. The van der Waals surface area contributed by atoms with E-state index in [-0.39, 0.29) is 5.75 Å². The summed E-state index contributed by atoms with van der Waals surface area (Å²) in [5, 5.41) is 10.2. The van der Waals surface area contributed by atoms with E-state index in [4.69, 9.17) is 4.42 Å². The van der Waals surface area contributed by atoms with Gasteiger partial charge in [0.15, 0.2) is 0 Å². The molecule has 2 aromatic rings. The van der Waals surface area contributed by atoms with Crippen LogP contribution in [0, 0.1) is 13.8 Å². The van der Waals surface area contributed by atoms with Crippen LogP contribution in [0.25, 0.3) is 11.0 Å². The molecular weight excluding hydrogens is 152 g/mol. The van der Waals surface area contributed by atoms with Crippen molar-refractivity contribution < 1.29 is 9.52 Å². The molecule has 2 nitrogen and oxygen atoms in total. The molecule has 0 amide bonds. The van der Waals surface area contributed by atoms with Gasteiger partial charge >= 0.3 is 0 Å². The summed E-state index contributed by atoms with van der Waals surface area (Å²) in [5.41, 5.74) is 1.90. The number of aryl methyl sites for hydroxylation is 2. The van der Waals surface area contributed by atoms with Crippen LogP contribution in [-0.2, 0) is 0 Å². The molecule has 1 N–H and O–H groups in total. The molecule has 1 aromatic carbocycles. The number of benzene rings is 1. The van der Waals surface area contributed by atoms with Crippen molar-refractivity contribution in [2.24, 2.45) is 0 Å². The Morgan fingerprint density at radius 1 is 1.25 bits per heavy atom. The van der Waals surface area contributed by atoms with Gasteiger partial charge in [-0.25, -0.2) is 0 Å². The molecule has 0 spiro atoms. The fraction of sp³-hybridized carbons (Fsp3) is 0.200. The molecule has 0 saturated carbocycles. The van der Waals surface area contributed by atoms with Crippen molar-refractivity contribution in [3.63, 3.8) is 0 Å². The number of hydrogen-bond donors (Lipinski definition) is 1. The predicted molar refractivity (Wildman–Crippen MR) is 47.4 cm³/mol. The van der Waals surface area contributed by atoms with Gasteiger partial charge in [0.1, 0.15) is 17.1 Å². The van der Waals surface area contributed by atoms with Gasteiger partial charge in [-0.05, 0) is 31.5 Å². The lowest BCUT2D eigenvalue weighted by Crippen LogP contribution is -1.69. The van der Waals surface area contributed by atoms with E-state index in [1.807, 2.05) is 19.9 Å². The molecule has 0 bridgehead atoms. The first kappa shape index (κ1) is 7.22. The first-order valence-electron chi connectivity index (χ1n) is 3.87. The maximum Gasteiger partial charge on any atom is 0.138 e. The van der Waals surface area contributed by atoms with Crippen LogP contribution in [0.4, 0.5) is 0 Å². The third kappa shape index (κ3) is 0.881. The summed E-state index contributed by atoms with van der Waals surface area (Å²) in [6.07, 6.45) is 0. The van der Waals surface area contributed by atoms with Gasteiger partial charge in [0.05, 0.1) is 0 Å². The number of fused-ring (bicyclic) bond motifs is 1. The van der Waals surface area contributed by atoms with Crippen molar-refractivity contribution in [2.75, 3.05) is 0 Å². The summed E-state index contributed by atoms with van der Waals surface area (Å²) in [4.78, 5) is 0. The van der Waals surface area contributed by atoms with Gasteiger partial charge in [0.2, 0.25) is 0 Å². The van der Waals surface area contributed by atoms with Crippen LogP contribution < -0.4 is 0 Å².